The van der Waals surface area contributed by atoms with Crippen LogP contribution < -0.4 is 5.43 Å². The predicted octanol–water partition coefficient (Wildman–Crippen LogP) is 3.98. The van der Waals surface area contributed by atoms with Gasteiger partial charge in [0.05, 0.1) is 18.4 Å². The number of aromatic nitrogens is 2. The predicted molar refractivity (Wildman–Crippen MR) is 103 cm³/mol. The number of anilines is 1. The molecular weight excluding hydrogens is 344 g/mol. The van der Waals surface area contributed by atoms with Crippen LogP contribution in [0.3, 0.4) is 0 Å². The maximum absolute atomic E-state index is 11.7. The van der Waals surface area contributed by atoms with Crippen LogP contribution in [0.4, 0.5) is 5.95 Å². The van der Waals surface area contributed by atoms with Crippen LogP contribution in [0.2, 0.25) is 0 Å². The molecule has 7 heteroatoms. The second-order valence-corrected chi connectivity index (χ2v) is 5.84. The summed E-state index contributed by atoms with van der Waals surface area (Å²) >= 11 is 0. The molecule has 3 aromatic rings. The van der Waals surface area contributed by atoms with Crippen LogP contribution in [0.1, 0.15) is 34.4 Å². The molecule has 0 unspecified atom stereocenters. The molecule has 2 heterocycles. The number of ether oxygens (including phenoxy) is 1. The number of nitrogens with zero attached hydrogens (tertiary/aromatic N) is 3. The highest BCUT2D eigenvalue weighted by molar-refractivity contribution is 5.90. The molecule has 0 aliphatic heterocycles. The molecule has 0 radical (unpaired) electrons. The van der Waals surface area contributed by atoms with Crippen molar-refractivity contribution in [3.05, 3.63) is 65.2 Å². The average Bonchev–Trinajstić information content (AvgIpc) is 3.10. The minimum absolute atomic E-state index is 0.337. The molecule has 0 amide bonds. The molecule has 1 N–H and O–H groups in total. The lowest BCUT2D eigenvalue weighted by atomic mass is 10.1. The number of aryl methyl sites for hydroxylation is 2. The standard InChI is InChI=1S/C20H20N4O3/c1-4-26-19(25)16-7-5-15(6-8-16)18-10-9-17(27-18)12-21-24-20-22-13(2)11-14(3)23-20/h5-12H,4H2,1-3H3,(H,22,23,24)/b21-12-. The van der Waals surface area contributed by atoms with E-state index < -0.39 is 0 Å². The van der Waals surface area contributed by atoms with Gasteiger partial charge in [-0.05, 0) is 51.1 Å². The van der Waals surface area contributed by atoms with Gasteiger partial charge in [0.15, 0.2) is 0 Å². The molecule has 0 atom stereocenters. The Morgan fingerprint density at radius 3 is 2.52 bits per heavy atom. The van der Waals surface area contributed by atoms with Crippen molar-refractivity contribution in [2.75, 3.05) is 12.0 Å². The summed E-state index contributed by atoms with van der Waals surface area (Å²) in [6.45, 7) is 5.92. The maximum Gasteiger partial charge on any atom is 0.338 e. The van der Waals surface area contributed by atoms with Gasteiger partial charge in [0.25, 0.3) is 0 Å². The first-order chi connectivity index (χ1) is 13.0. The van der Waals surface area contributed by atoms with E-state index in [4.69, 9.17) is 9.15 Å². The van der Waals surface area contributed by atoms with Gasteiger partial charge < -0.3 is 9.15 Å². The van der Waals surface area contributed by atoms with Gasteiger partial charge in [0, 0.05) is 17.0 Å². The molecule has 0 fully saturated rings. The largest absolute Gasteiger partial charge is 0.462 e. The topological polar surface area (TPSA) is 89.6 Å². The van der Waals surface area contributed by atoms with Gasteiger partial charge in [-0.25, -0.2) is 20.2 Å². The first-order valence-electron chi connectivity index (χ1n) is 8.54. The smallest absolute Gasteiger partial charge is 0.338 e. The maximum atomic E-state index is 11.7. The van der Waals surface area contributed by atoms with Gasteiger partial charge in [-0.15, -0.1) is 0 Å². The van der Waals surface area contributed by atoms with Crippen molar-refractivity contribution >= 4 is 18.1 Å². The number of hydrogen-bond acceptors (Lipinski definition) is 7. The molecule has 27 heavy (non-hydrogen) atoms. The Labute approximate surface area is 157 Å². The van der Waals surface area contributed by atoms with Crippen LogP contribution in [0, 0.1) is 13.8 Å². The fourth-order valence-corrected chi connectivity index (χ4v) is 2.49. The Hall–Kier alpha value is -3.48. The lowest BCUT2D eigenvalue weighted by molar-refractivity contribution is 0.0526. The first kappa shape index (κ1) is 18.3. The molecule has 138 valence electrons. The number of rotatable bonds is 6. The second kappa shape index (κ2) is 8.27. The van der Waals surface area contributed by atoms with E-state index in [0.29, 0.717) is 29.6 Å². The molecule has 2 aromatic heterocycles. The Morgan fingerprint density at radius 1 is 1.15 bits per heavy atom. The van der Waals surface area contributed by atoms with Gasteiger partial charge in [-0.1, -0.05) is 12.1 Å². The zero-order chi connectivity index (χ0) is 19.2. The van der Waals surface area contributed by atoms with Crippen LogP contribution in [0.25, 0.3) is 11.3 Å². The van der Waals surface area contributed by atoms with Gasteiger partial charge in [-0.2, -0.15) is 5.10 Å². The third-order valence-electron chi connectivity index (χ3n) is 3.65. The molecule has 3 rings (SSSR count). The van der Waals surface area contributed by atoms with E-state index in [-0.39, 0.29) is 5.97 Å². The Kier molecular flexibility index (Phi) is 5.61. The molecule has 0 saturated carbocycles. The van der Waals surface area contributed by atoms with E-state index in [2.05, 4.69) is 20.5 Å². The molecule has 1 aromatic carbocycles. The molecule has 0 aliphatic carbocycles. The van der Waals surface area contributed by atoms with Gasteiger partial charge >= 0.3 is 5.97 Å². The Bertz CT molecular complexity index is 941. The van der Waals surface area contributed by atoms with Crippen molar-refractivity contribution < 1.29 is 13.9 Å². The summed E-state index contributed by atoms with van der Waals surface area (Å²) in [7, 11) is 0. The minimum atomic E-state index is -0.337. The fourth-order valence-electron chi connectivity index (χ4n) is 2.49. The number of carbonyl (C=O) groups is 1. The molecule has 0 bridgehead atoms. The van der Waals surface area contributed by atoms with Gasteiger partial charge in [0.2, 0.25) is 5.95 Å². The highest BCUT2D eigenvalue weighted by Crippen LogP contribution is 2.22. The van der Waals surface area contributed by atoms with Crippen molar-refractivity contribution in [2.24, 2.45) is 5.10 Å². The van der Waals surface area contributed by atoms with Crippen LogP contribution >= 0.6 is 0 Å². The molecule has 0 saturated heterocycles. The number of furan rings is 1. The van der Waals surface area contributed by atoms with E-state index in [9.17, 15) is 4.79 Å². The lowest BCUT2D eigenvalue weighted by Gasteiger charge is -2.02. The van der Waals surface area contributed by atoms with Crippen molar-refractivity contribution in [3.63, 3.8) is 0 Å². The third-order valence-corrected chi connectivity index (χ3v) is 3.65. The summed E-state index contributed by atoms with van der Waals surface area (Å²) in [4.78, 5) is 20.2. The normalized spacial score (nSPS) is 10.9. The third kappa shape index (κ3) is 4.78. The Morgan fingerprint density at radius 2 is 1.85 bits per heavy atom. The SMILES string of the molecule is CCOC(=O)c1ccc(-c2ccc(/C=N\Nc3nc(C)cc(C)n3)o2)cc1. The van der Waals surface area contributed by atoms with Crippen molar-refractivity contribution in [1.29, 1.82) is 0 Å². The second-order valence-electron chi connectivity index (χ2n) is 5.84. The van der Waals surface area contributed by atoms with Crippen LogP contribution in [-0.4, -0.2) is 28.8 Å². The molecular formula is C20H20N4O3. The molecule has 7 nitrogen and oxygen atoms in total. The zero-order valence-corrected chi connectivity index (χ0v) is 15.4. The number of esters is 1. The van der Waals surface area contributed by atoms with E-state index in [1.54, 1.807) is 25.3 Å². The molecule has 0 aliphatic rings. The fraction of sp³-hybridized carbons (Fsp3) is 0.200. The van der Waals surface area contributed by atoms with Gasteiger partial charge in [-0.3, -0.25) is 0 Å². The van der Waals surface area contributed by atoms with E-state index in [0.717, 1.165) is 17.0 Å². The number of hydrogen-bond donors (Lipinski definition) is 1. The van der Waals surface area contributed by atoms with Crippen LogP contribution in [0.5, 0.6) is 0 Å². The minimum Gasteiger partial charge on any atom is -0.462 e. The van der Waals surface area contributed by atoms with Crippen molar-refractivity contribution in [2.45, 2.75) is 20.8 Å². The van der Waals surface area contributed by atoms with Gasteiger partial charge in [0.1, 0.15) is 11.5 Å². The highest BCUT2D eigenvalue weighted by atomic mass is 16.5. The number of benzene rings is 1. The monoisotopic (exact) mass is 364 g/mol. The summed E-state index contributed by atoms with van der Waals surface area (Å²) < 4.78 is 10.7. The zero-order valence-electron chi connectivity index (χ0n) is 15.4. The van der Waals surface area contributed by atoms with Crippen LogP contribution in [0.15, 0.2) is 52.0 Å². The summed E-state index contributed by atoms with van der Waals surface area (Å²) in [5.41, 5.74) is 5.89. The van der Waals surface area contributed by atoms with E-state index in [1.807, 2.05) is 44.2 Å². The lowest BCUT2D eigenvalue weighted by Crippen LogP contribution is -2.03. The first-order valence-corrected chi connectivity index (χ1v) is 8.54. The summed E-state index contributed by atoms with van der Waals surface area (Å²) in [5.74, 6) is 1.35. The molecule has 0 spiro atoms. The van der Waals surface area contributed by atoms with E-state index >= 15 is 0 Å². The number of carbonyl (C=O) groups excluding carboxylic acids is 1. The Balaban J connectivity index is 1.66. The highest BCUT2D eigenvalue weighted by Gasteiger charge is 2.08. The van der Waals surface area contributed by atoms with E-state index in [1.165, 1.54) is 0 Å². The summed E-state index contributed by atoms with van der Waals surface area (Å²) in [6, 6.07) is 12.6. The number of hydrazone groups is 1. The summed E-state index contributed by atoms with van der Waals surface area (Å²) in [6.07, 6.45) is 1.55. The van der Waals surface area contributed by atoms with Crippen LogP contribution in [-0.2, 0) is 4.74 Å². The average molecular weight is 364 g/mol. The van der Waals surface area contributed by atoms with Crippen molar-refractivity contribution in [3.8, 4) is 11.3 Å². The summed E-state index contributed by atoms with van der Waals surface area (Å²) in [5, 5.41) is 4.10. The van der Waals surface area contributed by atoms with Crippen molar-refractivity contribution in [1.82, 2.24) is 9.97 Å². The quantitative estimate of drug-likeness (QED) is 0.404. The number of nitrogens with one attached hydrogen (secondary N) is 1.